The second-order valence-corrected chi connectivity index (χ2v) is 10.3. The van der Waals surface area contributed by atoms with Crippen molar-refractivity contribution < 1.29 is 27.9 Å². The Bertz CT molecular complexity index is 1250. The van der Waals surface area contributed by atoms with Gasteiger partial charge in [0.05, 0.1) is 5.41 Å². The number of amides is 1. The largest absolute Gasteiger partial charge is 0.481 e. The maximum atomic E-state index is 14.2. The highest BCUT2D eigenvalue weighted by molar-refractivity contribution is 6.30. The number of aliphatic carboxylic acids is 1. The van der Waals surface area contributed by atoms with E-state index in [1.807, 2.05) is 0 Å². The van der Waals surface area contributed by atoms with E-state index in [0.29, 0.717) is 16.1 Å². The minimum Gasteiger partial charge on any atom is -0.481 e. The molecule has 3 N–H and O–H groups in total. The summed E-state index contributed by atoms with van der Waals surface area (Å²) < 4.78 is 43.7. The molecular weight excluding hydrogens is 519 g/mol. The summed E-state index contributed by atoms with van der Waals surface area (Å²) >= 11 is 5.98. The van der Waals surface area contributed by atoms with Crippen LogP contribution in [0.4, 0.5) is 13.2 Å². The minimum atomic E-state index is -4.65. The van der Waals surface area contributed by atoms with Gasteiger partial charge in [0.2, 0.25) is 0 Å². The number of alkyl halides is 3. The van der Waals surface area contributed by atoms with E-state index in [2.05, 4.69) is 0 Å². The van der Waals surface area contributed by atoms with Crippen molar-refractivity contribution in [1.29, 1.82) is 0 Å². The number of carbonyl (C=O) groups is 2. The lowest BCUT2D eigenvalue weighted by atomic mass is 9.98. The van der Waals surface area contributed by atoms with Gasteiger partial charge in [0.25, 0.3) is 5.91 Å². The molecule has 1 heterocycles. The second-order valence-electron chi connectivity index (χ2n) is 9.84. The molecule has 1 aromatic heterocycles. The van der Waals surface area contributed by atoms with E-state index in [0.717, 1.165) is 4.57 Å². The Morgan fingerprint density at radius 2 is 1.55 bits per heavy atom. The number of rotatable bonds is 6. The first-order chi connectivity index (χ1) is 17.6. The summed E-state index contributed by atoms with van der Waals surface area (Å²) in [6.07, 6.45) is -4.65. The molecule has 206 valence electrons. The molecule has 0 aliphatic rings. The third-order valence-electron chi connectivity index (χ3n) is 5.75. The number of hydrogen-bond acceptors (Lipinski definition) is 3. The van der Waals surface area contributed by atoms with Crippen molar-refractivity contribution in [3.05, 3.63) is 82.1 Å². The number of likely N-dealkylation sites (N-methyl/N-ethyl adjacent to an activating group) is 1. The molecule has 3 rings (SSSR count). The number of hydrogen-bond donors (Lipinski definition) is 2. The van der Waals surface area contributed by atoms with Gasteiger partial charge in [0.15, 0.2) is 0 Å². The lowest BCUT2D eigenvalue weighted by Gasteiger charge is -2.20. The van der Waals surface area contributed by atoms with Crippen LogP contribution in [-0.2, 0) is 17.5 Å². The monoisotopic (exact) mass is 551 g/mol. The fourth-order valence-corrected chi connectivity index (χ4v) is 3.83. The van der Waals surface area contributed by atoms with Gasteiger partial charge in [-0.3, -0.25) is 9.59 Å². The van der Waals surface area contributed by atoms with Gasteiger partial charge in [0, 0.05) is 37.3 Å². The zero-order chi connectivity index (χ0) is 28.8. The smallest absolute Gasteiger partial charge is 0.431 e. The number of nitrogens with zero attached hydrogens (tertiary/aromatic N) is 2. The summed E-state index contributed by atoms with van der Waals surface area (Å²) in [4.78, 5) is 24.7. The molecule has 10 heteroatoms. The van der Waals surface area contributed by atoms with Crippen molar-refractivity contribution in [1.82, 2.24) is 9.47 Å². The van der Waals surface area contributed by atoms with E-state index >= 15 is 0 Å². The van der Waals surface area contributed by atoms with Gasteiger partial charge >= 0.3 is 12.1 Å². The Morgan fingerprint density at radius 3 is 2.00 bits per heavy atom. The molecule has 0 spiro atoms. The molecule has 38 heavy (non-hydrogen) atoms. The van der Waals surface area contributed by atoms with E-state index in [1.54, 1.807) is 75.4 Å². The standard InChI is InChI=1S/C23H23ClF3N3O.C5H10O2/c1-15-19(17-8-10-18(24)11-9-17)20(22(31)29(2)13-12-28)30(21(15)23(25,26)27)14-16-6-4-3-5-7-16;1-5(2,3)4(6)7/h3-11H,12-14,28H2,1-2H3;1-3H3,(H,6,7). The Kier molecular flexibility index (Phi) is 10.2. The molecule has 3 aromatic rings. The summed E-state index contributed by atoms with van der Waals surface area (Å²) in [5, 5.41) is 8.70. The molecule has 0 aliphatic carbocycles. The van der Waals surface area contributed by atoms with Crippen LogP contribution < -0.4 is 5.73 Å². The van der Waals surface area contributed by atoms with E-state index < -0.39 is 29.2 Å². The Hall–Kier alpha value is -3.30. The zero-order valence-electron chi connectivity index (χ0n) is 22.1. The van der Waals surface area contributed by atoms with Crippen LogP contribution in [0.5, 0.6) is 0 Å². The molecule has 1 amide bonds. The molecular formula is C28H33ClF3N3O3. The second kappa shape index (κ2) is 12.5. The van der Waals surface area contributed by atoms with Crippen molar-refractivity contribution in [3.63, 3.8) is 0 Å². The normalized spacial score (nSPS) is 11.5. The Balaban J connectivity index is 0.000000638. The van der Waals surface area contributed by atoms with E-state index in [1.165, 1.54) is 18.9 Å². The fourth-order valence-electron chi connectivity index (χ4n) is 3.70. The molecule has 0 aliphatic heterocycles. The molecule has 6 nitrogen and oxygen atoms in total. The van der Waals surface area contributed by atoms with Crippen LogP contribution in [0, 0.1) is 12.3 Å². The van der Waals surface area contributed by atoms with Crippen LogP contribution >= 0.6 is 11.6 Å². The molecule has 0 radical (unpaired) electrons. The van der Waals surface area contributed by atoms with Crippen molar-refractivity contribution in [3.8, 4) is 11.1 Å². The summed E-state index contributed by atoms with van der Waals surface area (Å²) in [7, 11) is 1.53. The van der Waals surface area contributed by atoms with Crippen molar-refractivity contribution in [2.24, 2.45) is 11.1 Å². The van der Waals surface area contributed by atoms with Gasteiger partial charge in [-0.2, -0.15) is 13.2 Å². The Morgan fingerprint density at radius 1 is 1.03 bits per heavy atom. The van der Waals surface area contributed by atoms with Gasteiger partial charge in [-0.15, -0.1) is 0 Å². The van der Waals surface area contributed by atoms with Gasteiger partial charge in [-0.1, -0.05) is 54.1 Å². The minimum absolute atomic E-state index is 0.00440. The number of nitrogens with two attached hydrogens (primary N) is 1. The molecule has 0 saturated heterocycles. The van der Waals surface area contributed by atoms with Crippen LogP contribution in [0.1, 0.15) is 48.1 Å². The maximum Gasteiger partial charge on any atom is 0.431 e. The third kappa shape index (κ3) is 7.61. The van der Waals surface area contributed by atoms with Gasteiger partial charge in [0.1, 0.15) is 11.4 Å². The lowest BCUT2D eigenvalue weighted by molar-refractivity contribution is -0.146. The highest BCUT2D eigenvalue weighted by Gasteiger charge is 2.41. The topological polar surface area (TPSA) is 88.6 Å². The summed E-state index contributed by atoms with van der Waals surface area (Å²) in [5.41, 5.74) is 5.52. The van der Waals surface area contributed by atoms with Crippen LogP contribution in [0.3, 0.4) is 0 Å². The molecule has 0 fully saturated rings. The summed E-state index contributed by atoms with van der Waals surface area (Å²) in [6.45, 7) is 6.70. The van der Waals surface area contributed by atoms with Crippen molar-refractivity contribution in [2.75, 3.05) is 20.1 Å². The predicted octanol–water partition coefficient (Wildman–Crippen LogP) is 6.33. The Labute approximate surface area is 225 Å². The maximum absolute atomic E-state index is 14.2. The number of carbonyl (C=O) groups excluding carboxylic acids is 1. The van der Waals surface area contributed by atoms with Gasteiger partial charge in [-0.05, 0) is 56.5 Å². The fraction of sp³-hybridized carbons (Fsp3) is 0.357. The summed E-state index contributed by atoms with van der Waals surface area (Å²) in [6, 6.07) is 15.2. The summed E-state index contributed by atoms with van der Waals surface area (Å²) in [5.74, 6) is -1.28. The molecule has 0 unspecified atom stereocenters. The quantitative estimate of drug-likeness (QED) is 0.374. The van der Waals surface area contributed by atoms with Crippen LogP contribution in [0.2, 0.25) is 5.02 Å². The molecule has 2 aromatic carbocycles. The predicted molar refractivity (Wildman–Crippen MR) is 143 cm³/mol. The van der Waals surface area contributed by atoms with Crippen LogP contribution in [0.15, 0.2) is 54.6 Å². The molecule has 0 atom stereocenters. The lowest BCUT2D eigenvalue weighted by Crippen LogP contribution is -2.34. The average molecular weight is 552 g/mol. The van der Waals surface area contributed by atoms with Crippen LogP contribution in [0.25, 0.3) is 11.1 Å². The number of aromatic nitrogens is 1. The van der Waals surface area contributed by atoms with E-state index in [4.69, 9.17) is 22.4 Å². The third-order valence-corrected chi connectivity index (χ3v) is 6.00. The van der Waals surface area contributed by atoms with Crippen molar-refractivity contribution >= 4 is 23.5 Å². The first-order valence-electron chi connectivity index (χ1n) is 11.9. The average Bonchev–Trinajstić information content (AvgIpc) is 3.11. The molecule has 0 bridgehead atoms. The first kappa shape index (κ1) is 30.9. The highest BCUT2D eigenvalue weighted by atomic mass is 35.5. The van der Waals surface area contributed by atoms with E-state index in [9.17, 15) is 22.8 Å². The first-order valence-corrected chi connectivity index (χ1v) is 12.3. The van der Waals surface area contributed by atoms with E-state index in [-0.39, 0.29) is 36.5 Å². The van der Waals surface area contributed by atoms with Gasteiger partial charge < -0.3 is 20.3 Å². The van der Waals surface area contributed by atoms with Gasteiger partial charge in [-0.25, -0.2) is 0 Å². The van der Waals surface area contributed by atoms with Crippen LogP contribution in [-0.4, -0.2) is 46.6 Å². The SMILES string of the molecule is CC(C)(C)C(=O)O.Cc1c(-c2ccc(Cl)cc2)c(C(=O)N(C)CCN)n(Cc2ccccc2)c1C(F)(F)F. The number of carboxylic acids is 1. The zero-order valence-corrected chi connectivity index (χ0v) is 22.8. The number of halogens is 4. The molecule has 0 saturated carbocycles. The number of benzene rings is 2. The highest BCUT2D eigenvalue weighted by Crippen LogP contribution is 2.41. The number of carboxylic acid groups (broad SMARTS) is 1. The van der Waals surface area contributed by atoms with Crippen molar-refractivity contribution in [2.45, 2.75) is 40.4 Å².